The molecule has 0 bridgehead atoms. The smallest absolute Gasteiger partial charge is 0.137 e. The van der Waals surface area contributed by atoms with Crippen LogP contribution in [0.1, 0.15) is 0 Å². The molecule has 9 aromatic carbocycles. The van der Waals surface area contributed by atoms with Crippen molar-refractivity contribution in [2.75, 3.05) is 9.80 Å². The molecule has 0 amide bonds. The predicted octanol–water partition coefficient (Wildman–Crippen LogP) is 16.3. The fourth-order valence-corrected chi connectivity index (χ4v) is 10.2. The van der Waals surface area contributed by atoms with Gasteiger partial charge < -0.3 is 9.32 Å². The Bertz CT molecular complexity index is 3390. The van der Waals surface area contributed by atoms with Gasteiger partial charge in [0.2, 0.25) is 0 Å². The number of nitrogens with zero attached hydrogens (tertiary/aromatic N) is 3. The molecule has 0 unspecified atom stereocenters. The van der Waals surface area contributed by atoms with Gasteiger partial charge in [-0.15, -0.1) is 0 Å². The van der Waals surface area contributed by atoms with Gasteiger partial charge in [-0.25, -0.2) is 0 Å². The number of anilines is 6. The number of hydrogen-bond donors (Lipinski definition) is 0. The molecule has 0 aliphatic carbocycles. The summed E-state index contributed by atoms with van der Waals surface area (Å²) in [6.07, 6.45) is 0. The first-order valence-corrected chi connectivity index (χ1v) is 21.4. The molecule has 61 heavy (non-hydrogen) atoms. The molecule has 0 radical (unpaired) electrons. The van der Waals surface area contributed by atoms with E-state index >= 15 is 0 Å². The zero-order valence-electron chi connectivity index (χ0n) is 33.0. The van der Waals surface area contributed by atoms with Gasteiger partial charge in [0.1, 0.15) is 17.0 Å². The zero-order valence-corrected chi connectivity index (χ0v) is 33.8. The lowest BCUT2D eigenvalue weighted by Gasteiger charge is -2.33. The van der Waals surface area contributed by atoms with Gasteiger partial charge in [0, 0.05) is 55.6 Å². The van der Waals surface area contributed by atoms with Crippen molar-refractivity contribution in [1.82, 2.24) is 4.57 Å². The van der Waals surface area contributed by atoms with Gasteiger partial charge in [-0.05, 0) is 107 Å². The normalized spacial score (nSPS) is 12.2. The van der Waals surface area contributed by atoms with Crippen LogP contribution in [0, 0.1) is 0 Å². The maximum absolute atomic E-state index is 6.45. The second kappa shape index (κ2) is 14.5. The zero-order chi connectivity index (χ0) is 40.3. The third-order valence-corrected chi connectivity index (χ3v) is 13.0. The Hall–Kier alpha value is -7.73. The van der Waals surface area contributed by atoms with Crippen molar-refractivity contribution in [3.8, 4) is 27.9 Å². The quantitative estimate of drug-likeness (QED) is 0.160. The van der Waals surface area contributed by atoms with E-state index in [1.54, 1.807) is 0 Å². The van der Waals surface area contributed by atoms with Crippen LogP contribution < -0.4 is 9.80 Å². The molecule has 0 N–H and O–H groups in total. The van der Waals surface area contributed by atoms with Gasteiger partial charge in [-0.1, -0.05) is 145 Å². The summed E-state index contributed by atoms with van der Waals surface area (Å²) < 4.78 is 8.86. The first-order valence-electron chi connectivity index (χ1n) is 20.6. The Kier molecular flexibility index (Phi) is 8.39. The van der Waals surface area contributed by atoms with E-state index in [4.69, 9.17) is 4.42 Å². The van der Waals surface area contributed by atoms with Crippen LogP contribution in [0.2, 0.25) is 0 Å². The Morgan fingerprint density at radius 2 is 0.984 bits per heavy atom. The van der Waals surface area contributed by atoms with E-state index < -0.39 is 0 Å². The van der Waals surface area contributed by atoms with Crippen LogP contribution >= 0.6 is 11.8 Å². The average Bonchev–Trinajstić information content (AvgIpc) is 3.87. The molecule has 3 heterocycles. The molecule has 0 atom stereocenters. The van der Waals surface area contributed by atoms with Crippen LogP contribution in [-0.4, -0.2) is 4.57 Å². The van der Waals surface area contributed by atoms with Crippen LogP contribution in [-0.2, 0) is 0 Å². The standard InChI is InChI=1S/C56H37N3OS/c1-3-15-38(16-4-1)45-19-7-8-20-46(45)39-27-29-41(30-28-39)57(44-35-36-48-47-21-10-13-25-52(47)60-53(48)37-44)42-31-33-43(34-32-42)59-51-24-12-14-26-54(51)61-55-49-22-9-11-23-50(49)58(56(55)59)40-17-5-2-6-18-40/h1-37H. The van der Waals surface area contributed by atoms with Crippen molar-refractivity contribution < 1.29 is 4.42 Å². The van der Waals surface area contributed by atoms with E-state index in [-0.39, 0.29) is 0 Å². The molecule has 0 fully saturated rings. The van der Waals surface area contributed by atoms with Crippen LogP contribution in [0.25, 0.3) is 60.8 Å². The minimum atomic E-state index is 0.859. The molecule has 0 saturated carbocycles. The molecule has 1 aliphatic heterocycles. The van der Waals surface area contributed by atoms with E-state index in [0.29, 0.717) is 0 Å². The number of para-hydroxylation sites is 4. The molecular weight excluding hydrogens is 763 g/mol. The fourth-order valence-electron chi connectivity index (χ4n) is 9.00. The summed E-state index contributed by atoms with van der Waals surface area (Å²) in [4.78, 5) is 7.24. The summed E-state index contributed by atoms with van der Waals surface area (Å²) >= 11 is 1.85. The lowest BCUT2D eigenvalue weighted by atomic mass is 9.94. The summed E-state index contributed by atoms with van der Waals surface area (Å²) in [5, 5.41) is 3.46. The Balaban J connectivity index is 1.00. The number of rotatable bonds is 7. The maximum Gasteiger partial charge on any atom is 0.137 e. The van der Waals surface area contributed by atoms with E-state index in [9.17, 15) is 0 Å². The molecule has 288 valence electrons. The van der Waals surface area contributed by atoms with E-state index in [1.165, 1.54) is 37.4 Å². The van der Waals surface area contributed by atoms with Crippen molar-refractivity contribution in [2.45, 2.75) is 9.79 Å². The second-order valence-corrected chi connectivity index (χ2v) is 16.4. The predicted molar refractivity (Wildman–Crippen MR) is 255 cm³/mol. The third kappa shape index (κ3) is 5.93. The van der Waals surface area contributed by atoms with Gasteiger partial charge in [0.15, 0.2) is 0 Å². The molecule has 0 spiro atoms. The number of benzene rings is 9. The van der Waals surface area contributed by atoms with Crippen LogP contribution in [0.5, 0.6) is 0 Å². The third-order valence-electron chi connectivity index (χ3n) is 11.8. The van der Waals surface area contributed by atoms with Crippen LogP contribution in [0.15, 0.2) is 239 Å². The number of furan rings is 1. The van der Waals surface area contributed by atoms with Crippen molar-refractivity contribution >= 4 is 78.9 Å². The molecule has 11 aromatic rings. The summed E-state index contributed by atoms with van der Waals surface area (Å²) in [6, 6.07) is 80.3. The highest BCUT2D eigenvalue weighted by Gasteiger charge is 2.32. The molecule has 4 nitrogen and oxygen atoms in total. The minimum absolute atomic E-state index is 0.859. The average molecular weight is 800 g/mol. The SMILES string of the molecule is c1ccc(-c2ccccc2-c2ccc(N(c3ccc(N4c5ccccc5Sc5c4n(-c4ccccc4)c4ccccc54)cc3)c3ccc4c(c3)oc3ccccc34)cc2)cc1. The minimum Gasteiger partial charge on any atom is -0.456 e. The highest BCUT2D eigenvalue weighted by molar-refractivity contribution is 8.00. The van der Waals surface area contributed by atoms with Crippen molar-refractivity contribution in [3.63, 3.8) is 0 Å². The molecule has 1 aliphatic rings. The number of aromatic nitrogens is 1. The topological polar surface area (TPSA) is 24.6 Å². The molecule has 5 heteroatoms. The monoisotopic (exact) mass is 799 g/mol. The number of fused-ring (bicyclic) bond motifs is 7. The second-order valence-electron chi connectivity index (χ2n) is 15.3. The first-order chi connectivity index (χ1) is 30.3. The van der Waals surface area contributed by atoms with Crippen molar-refractivity contribution in [2.24, 2.45) is 0 Å². The van der Waals surface area contributed by atoms with E-state index in [2.05, 4.69) is 227 Å². The summed E-state index contributed by atoms with van der Waals surface area (Å²) in [5.74, 6) is 1.14. The fraction of sp³-hybridized carbons (Fsp3) is 0. The summed E-state index contributed by atoms with van der Waals surface area (Å²) in [7, 11) is 0. The molecule has 2 aromatic heterocycles. The Morgan fingerprint density at radius 3 is 1.75 bits per heavy atom. The van der Waals surface area contributed by atoms with Crippen LogP contribution in [0.3, 0.4) is 0 Å². The van der Waals surface area contributed by atoms with Gasteiger partial charge in [-0.2, -0.15) is 0 Å². The van der Waals surface area contributed by atoms with E-state index in [1.807, 2.05) is 23.9 Å². The van der Waals surface area contributed by atoms with Gasteiger partial charge >= 0.3 is 0 Å². The molecule has 12 rings (SSSR count). The molecular formula is C56H37N3OS. The van der Waals surface area contributed by atoms with Crippen LogP contribution in [0.4, 0.5) is 34.3 Å². The Morgan fingerprint density at radius 1 is 0.410 bits per heavy atom. The first kappa shape index (κ1) is 35.2. The van der Waals surface area contributed by atoms with Gasteiger partial charge in [0.05, 0.1) is 16.1 Å². The van der Waals surface area contributed by atoms with Gasteiger partial charge in [0.25, 0.3) is 0 Å². The highest BCUT2D eigenvalue weighted by atomic mass is 32.2. The number of hydrogen-bond acceptors (Lipinski definition) is 4. The van der Waals surface area contributed by atoms with Gasteiger partial charge in [-0.3, -0.25) is 9.47 Å². The highest BCUT2D eigenvalue weighted by Crippen LogP contribution is 2.56. The summed E-state index contributed by atoms with van der Waals surface area (Å²) in [6.45, 7) is 0. The summed E-state index contributed by atoms with van der Waals surface area (Å²) in [5.41, 5.74) is 14.2. The van der Waals surface area contributed by atoms with E-state index in [0.717, 1.165) is 67.4 Å². The maximum atomic E-state index is 6.45. The van der Waals surface area contributed by atoms with Crippen molar-refractivity contribution in [1.29, 1.82) is 0 Å². The Labute approximate surface area is 358 Å². The van der Waals surface area contributed by atoms with Crippen molar-refractivity contribution in [3.05, 3.63) is 224 Å². The lowest BCUT2D eigenvalue weighted by molar-refractivity contribution is 0.669. The lowest BCUT2D eigenvalue weighted by Crippen LogP contribution is -2.18. The molecule has 0 saturated heterocycles. The largest absolute Gasteiger partial charge is 0.456 e.